The van der Waals surface area contributed by atoms with Crippen molar-refractivity contribution in [2.75, 3.05) is 0 Å². The fourth-order valence-electron chi connectivity index (χ4n) is 7.21. The second-order valence-electron chi connectivity index (χ2n) is 12.7. The highest BCUT2D eigenvalue weighted by Gasteiger charge is 2.45. The smallest absolute Gasteiger partial charge is 0.0705 e. The third-order valence-electron chi connectivity index (χ3n) is 9.57. The van der Waals surface area contributed by atoms with Crippen LogP contribution in [0.15, 0.2) is 86.1 Å². The van der Waals surface area contributed by atoms with Crippen LogP contribution in [0.5, 0.6) is 0 Å². The van der Waals surface area contributed by atoms with E-state index < -0.39 is 0 Å². The Hall–Kier alpha value is -1.45. The number of halogens is 2. The Labute approximate surface area is 315 Å². The van der Waals surface area contributed by atoms with Crippen molar-refractivity contribution in [2.24, 2.45) is 0 Å². The summed E-state index contributed by atoms with van der Waals surface area (Å²) in [6.07, 6.45) is 15.6. The zero-order valence-electron chi connectivity index (χ0n) is 27.0. The molecule has 0 unspecified atom stereocenters. The summed E-state index contributed by atoms with van der Waals surface area (Å²) in [6.45, 7) is 4.67. The Morgan fingerprint density at radius 1 is 0.596 bits per heavy atom. The minimum Gasteiger partial charge on any atom is -0.134 e. The van der Waals surface area contributed by atoms with E-state index >= 15 is 0 Å². The van der Waals surface area contributed by atoms with Crippen LogP contribution >= 0.6 is 77.2 Å². The van der Waals surface area contributed by atoms with Crippen LogP contribution < -0.4 is 0 Å². The lowest BCUT2D eigenvalue weighted by Gasteiger charge is -2.34. The SMILES string of the molecule is CCCCCCC1(CCCCCC)C2=[Si]C=C(c3ccc(-c4ccc(Br)s4)s3)C=C2c2ccc(-c3ccc(-c4ccc(Br)s4)s3)cc21. The molecule has 7 heteroatoms. The molecule has 47 heavy (non-hydrogen) atoms. The van der Waals surface area contributed by atoms with Crippen LogP contribution in [0.3, 0.4) is 0 Å². The van der Waals surface area contributed by atoms with Gasteiger partial charge in [-0.3, -0.25) is 0 Å². The molecule has 0 N–H and O–H groups in total. The third-order valence-corrected chi connectivity index (χ3v) is 17.0. The van der Waals surface area contributed by atoms with Crippen LogP contribution in [0.4, 0.5) is 0 Å². The zero-order valence-corrected chi connectivity index (χ0v) is 34.4. The van der Waals surface area contributed by atoms with Gasteiger partial charge in [-0.25, -0.2) is 0 Å². The highest BCUT2D eigenvalue weighted by atomic mass is 79.9. The number of hydrogen-bond donors (Lipinski definition) is 0. The normalized spacial score (nSPS) is 14.9. The first kappa shape index (κ1) is 34.0. The maximum absolute atomic E-state index is 3.66. The van der Waals surface area contributed by atoms with E-state index in [1.54, 1.807) is 10.7 Å². The predicted octanol–water partition coefficient (Wildman–Crippen LogP) is 15.0. The number of benzene rings is 1. The van der Waals surface area contributed by atoms with Crippen molar-refractivity contribution in [3.8, 4) is 29.9 Å². The van der Waals surface area contributed by atoms with E-state index in [0.717, 1.165) is 9.13 Å². The van der Waals surface area contributed by atoms with Gasteiger partial charge in [0.25, 0.3) is 0 Å². The van der Waals surface area contributed by atoms with Gasteiger partial charge in [0.1, 0.15) is 0 Å². The maximum atomic E-state index is 3.66. The average molecular weight is 836 g/mol. The molecule has 1 aromatic carbocycles. The van der Waals surface area contributed by atoms with Crippen molar-refractivity contribution in [3.05, 3.63) is 102 Å². The second kappa shape index (κ2) is 15.2. The van der Waals surface area contributed by atoms with Crippen molar-refractivity contribution in [2.45, 2.75) is 83.5 Å². The minimum atomic E-state index is 0.141. The average Bonchev–Trinajstić information content (AvgIpc) is 3.93. The topological polar surface area (TPSA) is 0 Å². The number of unbranched alkanes of at least 4 members (excludes halogenated alkanes) is 6. The largest absolute Gasteiger partial charge is 0.134 e. The van der Waals surface area contributed by atoms with E-state index in [-0.39, 0.29) is 5.41 Å². The molecule has 5 aromatic rings. The lowest BCUT2D eigenvalue weighted by atomic mass is 9.72. The van der Waals surface area contributed by atoms with Gasteiger partial charge in [0, 0.05) is 34.7 Å². The molecule has 0 nitrogen and oxygen atoms in total. The monoisotopic (exact) mass is 833 g/mol. The van der Waals surface area contributed by atoms with Gasteiger partial charge in [-0.1, -0.05) is 83.0 Å². The Bertz CT molecular complexity index is 1950. The molecule has 5 heterocycles. The molecule has 7 rings (SSSR count). The lowest BCUT2D eigenvalue weighted by Crippen LogP contribution is -2.34. The van der Waals surface area contributed by atoms with Gasteiger partial charge in [0.2, 0.25) is 0 Å². The van der Waals surface area contributed by atoms with Crippen LogP contribution in [0.25, 0.3) is 41.1 Å². The number of rotatable bonds is 14. The van der Waals surface area contributed by atoms with E-state index in [1.165, 1.54) is 123 Å². The van der Waals surface area contributed by atoms with Crippen molar-refractivity contribution < 1.29 is 0 Å². The first-order valence-electron chi connectivity index (χ1n) is 16.9. The second-order valence-corrected chi connectivity index (χ2v) is 20.8. The van der Waals surface area contributed by atoms with Gasteiger partial charge in [0.15, 0.2) is 0 Å². The van der Waals surface area contributed by atoms with Crippen LogP contribution in [0.2, 0.25) is 0 Å². The van der Waals surface area contributed by atoms with Crippen LogP contribution in [-0.4, -0.2) is 14.3 Å². The molecular formula is C40H39Br2S4Si. The van der Waals surface area contributed by atoms with Gasteiger partial charge in [-0.15, -0.1) is 45.3 Å². The molecule has 1 radical (unpaired) electrons. The Kier molecular flexibility index (Phi) is 11.0. The summed E-state index contributed by atoms with van der Waals surface area (Å²) in [4.78, 5) is 8.15. The van der Waals surface area contributed by atoms with E-state index in [0.29, 0.717) is 0 Å². The fraction of sp³-hybridized carbons (Fsp3) is 0.325. The predicted molar refractivity (Wildman–Crippen MR) is 222 cm³/mol. The molecule has 0 spiro atoms. The first-order chi connectivity index (χ1) is 23.0. The molecule has 1 aliphatic carbocycles. The quantitative estimate of drug-likeness (QED) is 0.0772. The molecule has 4 aromatic heterocycles. The first-order valence-corrected chi connectivity index (χ1v) is 22.8. The molecule has 0 atom stereocenters. The summed E-state index contributed by atoms with van der Waals surface area (Å²) < 4.78 is 2.38. The molecular weight excluding hydrogens is 797 g/mol. The minimum absolute atomic E-state index is 0.141. The van der Waals surface area contributed by atoms with Crippen molar-refractivity contribution >= 4 is 103 Å². The van der Waals surface area contributed by atoms with Crippen LogP contribution in [0.1, 0.15) is 94.1 Å². The van der Waals surface area contributed by atoms with E-state index in [1.807, 2.05) is 45.3 Å². The summed E-state index contributed by atoms with van der Waals surface area (Å²) >= 11 is 14.8. The molecule has 0 amide bonds. The van der Waals surface area contributed by atoms with Gasteiger partial charge in [-0.05, 0) is 138 Å². The Balaban J connectivity index is 1.30. The highest BCUT2D eigenvalue weighted by molar-refractivity contribution is 9.11. The number of hydrogen-bond acceptors (Lipinski definition) is 4. The number of allylic oxidation sites excluding steroid dienone is 3. The molecule has 0 saturated heterocycles. The van der Waals surface area contributed by atoms with E-state index in [9.17, 15) is 0 Å². The molecule has 241 valence electrons. The Morgan fingerprint density at radius 2 is 1.15 bits per heavy atom. The van der Waals surface area contributed by atoms with E-state index in [2.05, 4.69) is 124 Å². The summed E-state index contributed by atoms with van der Waals surface area (Å²) in [5.74, 6) is 0. The van der Waals surface area contributed by atoms with Gasteiger partial charge in [-0.2, -0.15) is 0 Å². The summed E-state index contributed by atoms with van der Waals surface area (Å²) in [5, 5.41) is 1.72. The third kappa shape index (κ3) is 7.10. The highest BCUT2D eigenvalue weighted by Crippen LogP contribution is 2.52. The lowest BCUT2D eigenvalue weighted by molar-refractivity contribution is 0.440. The molecule has 0 bridgehead atoms. The summed E-state index contributed by atoms with van der Waals surface area (Å²) in [5.41, 5.74) is 10.1. The van der Waals surface area contributed by atoms with Crippen molar-refractivity contribution in [3.63, 3.8) is 0 Å². The molecule has 2 aliphatic rings. The van der Waals surface area contributed by atoms with E-state index in [4.69, 9.17) is 0 Å². The van der Waals surface area contributed by atoms with Crippen LogP contribution in [-0.2, 0) is 5.41 Å². The Morgan fingerprint density at radius 3 is 1.74 bits per heavy atom. The molecule has 0 fully saturated rings. The summed E-state index contributed by atoms with van der Waals surface area (Å²) in [6, 6.07) is 25.6. The molecule has 0 saturated carbocycles. The maximum Gasteiger partial charge on any atom is 0.0705 e. The fourth-order valence-corrected chi connectivity index (χ4v) is 13.8. The number of fused-ring (bicyclic) bond motifs is 3. The van der Waals surface area contributed by atoms with Crippen molar-refractivity contribution in [1.82, 2.24) is 0 Å². The van der Waals surface area contributed by atoms with Crippen molar-refractivity contribution in [1.29, 1.82) is 0 Å². The number of thiophene rings is 4. The standard InChI is InChI=1S/C40H39Br2S4Si/c1-3-5-7-9-21-40(22-10-8-6-4-2)30-24-26(31-13-15-33(43-31)35-17-19-37(41)45-35)11-12-28(30)29-23-27(25-47-39(29)40)32-14-16-34(44-32)36-18-20-38(42)46-36/h11-20,23-25H,3-10,21-22H2,1-2H3. The molecule has 1 aliphatic heterocycles. The van der Waals surface area contributed by atoms with Gasteiger partial charge in [0.05, 0.1) is 16.7 Å². The van der Waals surface area contributed by atoms with Gasteiger partial charge < -0.3 is 0 Å². The summed E-state index contributed by atoms with van der Waals surface area (Å²) in [7, 11) is 0.732. The van der Waals surface area contributed by atoms with Crippen LogP contribution in [0, 0.1) is 0 Å². The zero-order chi connectivity index (χ0) is 32.4. The van der Waals surface area contributed by atoms with Gasteiger partial charge >= 0.3 is 0 Å².